The van der Waals surface area contributed by atoms with Crippen molar-refractivity contribution in [1.82, 2.24) is 4.90 Å². The van der Waals surface area contributed by atoms with Crippen molar-refractivity contribution in [1.29, 1.82) is 0 Å². The zero-order chi connectivity index (χ0) is 14.9. The van der Waals surface area contributed by atoms with Gasteiger partial charge in [-0.05, 0) is 12.1 Å². The summed E-state index contributed by atoms with van der Waals surface area (Å²) in [6.45, 7) is 0.0347. The second kappa shape index (κ2) is 5.50. The maximum atomic E-state index is 12.4. The quantitative estimate of drug-likeness (QED) is 0.622. The van der Waals surface area contributed by atoms with Crippen LogP contribution in [0.1, 0.15) is 12.8 Å². The van der Waals surface area contributed by atoms with Crippen LogP contribution in [0, 0.1) is 0 Å². The van der Waals surface area contributed by atoms with E-state index in [1.165, 1.54) is 0 Å². The number of carbonyl (C=O) groups excluding carboxylic acids is 2. The highest BCUT2D eigenvalue weighted by Gasteiger charge is 2.34. The summed E-state index contributed by atoms with van der Waals surface area (Å²) in [5.41, 5.74) is 0. The highest BCUT2D eigenvalue weighted by molar-refractivity contribution is 7.54. The summed E-state index contributed by atoms with van der Waals surface area (Å²) in [4.78, 5) is 24.0. The number of likely N-dealkylation sites (tertiary alicyclic amines) is 1. The third-order valence-corrected chi connectivity index (χ3v) is 4.72. The summed E-state index contributed by atoms with van der Waals surface area (Å²) < 4.78 is 28.3. The van der Waals surface area contributed by atoms with Crippen LogP contribution < -0.4 is 9.26 Å². The van der Waals surface area contributed by atoms with E-state index < -0.39 is 7.60 Å². The van der Waals surface area contributed by atoms with Crippen molar-refractivity contribution in [2.75, 3.05) is 19.5 Å². The molecule has 1 saturated heterocycles. The van der Waals surface area contributed by atoms with Gasteiger partial charge in [-0.1, -0.05) is 12.1 Å². The zero-order valence-electron chi connectivity index (χ0n) is 11.2. The monoisotopic (exact) mass is 311 g/mol. The standard InChI is InChI=1S/C13H14NO6P/c15-12-5-6-13(16)14(12)7-8-19-21(17)9-18-10-3-1-2-4-11(10)20-21/h1-4H,5-9H2/t21-/m0/s1. The molecule has 7 nitrogen and oxygen atoms in total. The van der Waals surface area contributed by atoms with Gasteiger partial charge >= 0.3 is 7.60 Å². The largest absolute Gasteiger partial charge is 0.476 e. The number of para-hydroxylation sites is 2. The molecule has 0 aromatic heterocycles. The van der Waals surface area contributed by atoms with Crippen molar-refractivity contribution in [3.63, 3.8) is 0 Å². The molecule has 1 aromatic carbocycles. The maximum Gasteiger partial charge on any atom is 0.416 e. The molecule has 21 heavy (non-hydrogen) atoms. The third kappa shape index (κ3) is 2.94. The molecule has 0 N–H and O–H groups in total. The predicted octanol–water partition coefficient (Wildman–Crippen LogP) is 1.77. The highest BCUT2D eigenvalue weighted by Crippen LogP contribution is 2.54. The van der Waals surface area contributed by atoms with Gasteiger partial charge in [0.25, 0.3) is 0 Å². The molecule has 112 valence electrons. The van der Waals surface area contributed by atoms with Crippen LogP contribution in [-0.4, -0.2) is 36.2 Å². The zero-order valence-corrected chi connectivity index (χ0v) is 12.1. The number of amides is 2. The Hall–Kier alpha value is -1.85. The number of carbonyl (C=O) groups is 2. The minimum atomic E-state index is -3.41. The molecular weight excluding hydrogens is 297 g/mol. The average molecular weight is 311 g/mol. The molecule has 0 bridgehead atoms. The lowest BCUT2D eigenvalue weighted by atomic mass is 10.3. The summed E-state index contributed by atoms with van der Waals surface area (Å²) in [6, 6.07) is 6.86. The van der Waals surface area contributed by atoms with E-state index in [1.54, 1.807) is 24.3 Å². The number of fused-ring (bicyclic) bond motifs is 1. The Morgan fingerprint density at radius 2 is 1.81 bits per heavy atom. The molecular formula is C13H14NO6P. The molecule has 8 heteroatoms. The maximum absolute atomic E-state index is 12.4. The number of nitrogens with zero attached hydrogens (tertiary/aromatic N) is 1. The van der Waals surface area contributed by atoms with Crippen molar-refractivity contribution in [3.05, 3.63) is 24.3 Å². The van der Waals surface area contributed by atoms with Crippen LogP contribution in [0.5, 0.6) is 11.5 Å². The minimum absolute atomic E-state index is 0.0414. The number of imide groups is 1. The van der Waals surface area contributed by atoms with Crippen molar-refractivity contribution in [2.24, 2.45) is 0 Å². The smallest absolute Gasteiger partial charge is 0.416 e. The highest BCUT2D eigenvalue weighted by atomic mass is 31.2. The Bertz CT molecular complexity index is 615. The summed E-state index contributed by atoms with van der Waals surface area (Å²) in [7, 11) is -3.41. The molecule has 2 amide bonds. The van der Waals surface area contributed by atoms with Crippen LogP contribution in [0.2, 0.25) is 0 Å². The lowest BCUT2D eigenvalue weighted by Gasteiger charge is -2.26. The van der Waals surface area contributed by atoms with Gasteiger partial charge < -0.3 is 9.26 Å². The normalized spacial score (nSPS) is 24.5. The van der Waals surface area contributed by atoms with Gasteiger partial charge in [0.1, 0.15) is 0 Å². The van der Waals surface area contributed by atoms with Crippen LogP contribution in [0.4, 0.5) is 0 Å². The van der Waals surface area contributed by atoms with Crippen LogP contribution in [0.25, 0.3) is 0 Å². The van der Waals surface area contributed by atoms with E-state index in [0.29, 0.717) is 11.5 Å². The van der Waals surface area contributed by atoms with Crippen LogP contribution >= 0.6 is 7.60 Å². The molecule has 1 aromatic rings. The van der Waals surface area contributed by atoms with E-state index in [1.807, 2.05) is 0 Å². The fraction of sp³-hybridized carbons (Fsp3) is 0.385. The van der Waals surface area contributed by atoms with E-state index in [4.69, 9.17) is 13.8 Å². The number of hydrogen-bond donors (Lipinski definition) is 0. The van der Waals surface area contributed by atoms with Gasteiger partial charge in [-0.3, -0.25) is 19.0 Å². The Balaban J connectivity index is 1.57. The third-order valence-electron chi connectivity index (χ3n) is 3.22. The molecule has 1 fully saturated rings. The first-order valence-electron chi connectivity index (χ1n) is 6.56. The molecule has 3 rings (SSSR count). The summed E-state index contributed by atoms with van der Waals surface area (Å²) in [5, 5.41) is 0. The molecule has 1 atom stereocenters. The molecule has 0 saturated carbocycles. The SMILES string of the molecule is O=C1CCC(=O)N1CCO[P@@]1(=O)COc2ccccc2O1. The fourth-order valence-corrected chi connectivity index (χ4v) is 3.46. The summed E-state index contributed by atoms with van der Waals surface area (Å²) >= 11 is 0. The van der Waals surface area contributed by atoms with Gasteiger partial charge in [0.2, 0.25) is 18.2 Å². The molecule has 2 aliphatic heterocycles. The van der Waals surface area contributed by atoms with Crippen LogP contribution in [-0.2, 0) is 18.7 Å². The van der Waals surface area contributed by atoms with Gasteiger partial charge in [0.05, 0.1) is 13.2 Å². The Kier molecular flexibility index (Phi) is 3.69. The lowest BCUT2D eigenvalue weighted by Crippen LogP contribution is -2.32. The second-order valence-corrected chi connectivity index (χ2v) is 6.62. The molecule has 0 radical (unpaired) electrons. The topological polar surface area (TPSA) is 82.1 Å². The van der Waals surface area contributed by atoms with Crippen LogP contribution in [0.3, 0.4) is 0 Å². The average Bonchev–Trinajstić information content (AvgIpc) is 2.79. The van der Waals surface area contributed by atoms with Gasteiger partial charge in [-0.25, -0.2) is 4.57 Å². The van der Waals surface area contributed by atoms with E-state index in [2.05, 4.69) is 0 Å². The molecule has 0 unspecified atom stereocenters. The van der Waals surface area contributed by atoms with Gasteiger partial charge in [0, 0.05) is 12.8 Å². The van der Waals surface area contributed by atoms with E-state index >= 15 is 0 Å². The fourth-order valence-electron chi connectivity index (χ4n) is 2.18. The first-order valence-corrected chi connectivity index (χ1v) is 8.28. The second-order valence-electron chi connectivity index (χ2n) is 4.69. The van der Waals surface area contributed by atoms with Gasteiger partial charge in [-0.15, -0.1) is 0 Å². The van der Waals surface area contributed by atoms with Crippen molar-refractivity contribution >= 4 is 19.4 Å². The van der Waals surface area contributed by atoms with E-state index in [9.17, 15) is 14.2 Å². The minimum Gasteiger partial charge on any atom is -0.476 e. The molecule has 2 heterocycles. The number of ether oxygens (including phenoxy) is 1. The Labute approximate surface area is 121 Å². The van der Waals surface area contributed by atoms with Gasteiger partial charge in [-0.2, -0.15) is 0 Å². The van der Waals surface area contributed by atoms with Crippen molar-refractivity contribution < 1.29 is 27.9 Å². The molecule has 2 aliphatic rings. The first-order chi connectivity index (χ1) is 10.1. The van der Waals surface area contributed by atoms with E-state index in [-0.39, 0.29) is 44.2 Å². The Morgan fingerprint density at radius 3 is 2.52 bits per heavy atom. The Morgan fingerprint density at radius 1 is 1.14 bits per heavy atom. The van der Waals surface area contributed by atoms with E-state index in [0.717, 1.165) is 4.90 Å². The van der Waals surface area contributed by atoms with Crippen molar-refractivity contribution in [3.8, 4) is 11.5 Å². The summed E-state index contributed by atoms with van der Waals surface area (Å²) in [5.74, 6) is 0.416. The van der Waals surface area contributed by atoms with Gasteiger partial charge in [0.15, 0.2) is 11.5 Å². The molecule has 0 spiro atoms. The number of hydrogen-bond acceptors (Lipinski definition) is 6. The number of rotatable bonds is 4. The lowest BCUT2D eigenvalue weighted by molar-refractivity contribution is -0.138. The summed E-state index contributed by atoms with van der Waals surface area (Å²) in [6.07, 6.45) is 0.263. The van der Waals surface area contributed by atoms with Crippen LogP contribution in [0.15, 0.2) is 24.3 Å². The van der Waals surface area contributed by atoms with Crippen molar-refractivity contribution in [2.45, 2.75) is 12.8 Å². The molecule has 0 aliphatic carbocycles. The first kappa shape index (κ1) is 14.1. The predicted molar refractivity (Wildman–Crippen MR) is 72.1 cm³/mol. The number of benzene rings is 1.